The maximum Gasteiger partial charge on any atom is 0.231 e. The molecule has 126 valence electrons. The third-order valence-electron chi connectivity index (χ3n) is 4.78. The van der Waals surface area contributed by atoms with E-state index in [1.165, 1.54) is 30.7 Å². The van der Waals surface area contributed by atoms with Crippen LogP contribution in [0.2, 0.25) is 0 Å². The molecule has 0 aliphatic carbocycles. The molecule has 5 nitrogen and oxygen atoms in total. The van der Waals surface area contributed by atoms with Crippen LogP contribution in [-0.2, 0) is 0 Å². The molecule has 0 spiro atoms. The summed E-state index contributed by atoms with van der Waals surface area (Å²) in [5.41, 5.74) is 4.63. The van der Waals surface area contributed by atoms with E-state index in [0.717, 1.165) is 35.8 Å². The minimum atomic E-state index is 0.302. The van der Waals surface area contributed by atoms with Crippen LogP contribution in [0.4, 0.5) is 0 Å². The molecule has 1 fully saturated rings. The van der Waals surface area contributed by atoms with Crippen LogP contribution >= 0.6 is 0 Å². The standard InChI is InChI=1S/C19H23N3O2/c1-14-10-16(12-20-21-8-4-3-5-9-21)15(2)22(14)17-6-7-18-19(11-17)24-13-23-18/h6-7,10-12H,3-5,8-9,13H2,1-2H3/b20-12-. The van der Waals surface area contributed by atoms with E-state index < -0.39 is 0 Å². The quantitative estimate of drug-likeness (QED) is 0.809. The molecule has 0 bridgehead atoms. The van der Waals surface area contributed by atoms with E-state index in [9.17, 15) is 0 Å². The highest BCUT2D eigenvalue weighted by Crippen LogP contribution is 2.34. The van der Waals surface area contributed by atoms with Gasteiger partial charge in [0.15, 0.2) is 11.5 Å². The van der Waals surface area contributed by atoms with Gasteiger partial charge in [-0.2, -0.15) is 5.10 Å². The minimum Gasteiger partial charge on any atom is -0.454 e. The van der Waals surface area contributed by atoms with Gasteiger partial charge in [-0.25, -0.2) is 0 Å². The van der Waals surface area contributed by atoms with E-state index >= 15 is 0 Å². The van der Waals surface area contributed by atoms with Crippen molar-refractivity contribution in [3.8, 4) is 17.2 Å². The second kappa shape index (κ2) is 6.23. The van der Waals surface area contributed by atoms with Gasteiger partial charge in [-0.1, -0.05) is 0 Å². The van der Waals surface area contributed by atoms with Crippen molar-refractivity contribution in [2.45, 2.75) is 33.1 Å². The molecule has 3 heterocycles. The number of ether oxygens (including phenoxy) is 2. The molecule has 1 saturated heterocycles. The third-order valence-corrected chi connectivity index (χ3v) is 4.78. The van der Waals surface area contributed by atoms with E-state index in [1.54, 1.807) is 0 Å². The summed E-state index contributed by atoms with van der Waals surface area (Å²) in [6.07, 6.45) is 5.81. The summed E-state index contributed by atoms with van der Waals surface area (Å²) < 4.78 is 13.1. The van der Waals surface area contributed by atoms with Crippen molar-refractivity contribution in [2.24, 2.45) is 5.10 Å². The predicted octanol–water partition coefficient (Wildman–Crippen LogP) is 3.64. The molecule has 24 heavy (non-hydrogen) atoms. The Morgan fingerprint density at radius 1 is 1.00 bits per heavy atom. The van der Waals surface area contributed by atoms with Crippen molar-refractivity contribution >= 4 is 6.21 Å². The topological polar surface area (TPSA) is 39.0 Å². The number of aryl methyl sites for hydroxylation is 1. The molecular formula is C19H23N3O2. The van der Waals surface area contributed by atoms with Crippen molar-refractivity contribution < 1.29 is 9.47 Å². The smallest absolute Gasteiger partial charge is 0.231 e. The Hall–Kier alpha value is -2.43. The largest absolute Gasteiger partial charge is 0.454 e. The van der Waals surface area contributed by atoms with Gasteiger partial charge in [0.05, 0.1) is 6.21 Å². The second-order valence-corrected chi connectivity index (χ2v) is 6.46. The Labute approximate surface area is 142 Å². The highest BCUT2D eigenvalue weighted by molar-refractivity contribution is 5.82. The highest BCUT2D eigenvalue weighted by Gasteiger charge is 2.16. The first kappa shape index (κ1) is 15.1. The van der Waals surface area contributed by atoms with E-state index in [2.05, 4.69) is 40.7 Å². The SMILES string of the molecule is Cc1cc(/C=N\N2CCCCC2)c(C)n1-c1ccc2c(c1)OCO2. The molecule has 0 saturated carbocycles. The van der Waals surface area contributed by atoms with Crippen molar-refractivity contribution in [3.05, 3.63) is 41.2 Å². The first-order chi connectivity index (χ1) is 11.7. The number of piperidine rings is 1. The number of hydrogen-bond acceptors (Lipinski definition) is 4. The Morgan fingerprint density at radius 3 is 2.62 bits per heavy atom. The van der Waals surface area contributed by atoms with Crippen molar-refractivity contribution in [2.75, 3.05) is 19.9 Å². The minimum absolute atomic E-state index is 0.302. The van der Waals surface area contributed by atoms with Crippen LogP contribution in [0.3, 0.4) is 0 Å². The van der Waals surface area contributed by atoms with Crippen LogP contribution in [0.15, 0.2) is 29.4 Å². The zero-order valence-corrected chi connectivity index (χ0v) is 14.3. The fourth-order valence-corrected chi connectivity index (χ4v) is 3.48. The summed E-state index contributed by atoms with van der Waals surface area (Å²) in [5, 5.41) is 6.85. The first-order valence-electron chi connectivity index (χ1n) is 8.60. The second-order valence-electron chi connectivity index (χ2n) is 6.46. The number of rotatable bonds is 3. The molecule has 5 heteroatoms. The lowest BCUT2D eigenvalue weighted by molar-refractivity contribution is 0.174. The normalized spacial score (nSPS) is 17.0. The van der Waals surface area contributed by atoms with Crippen LogP contribution in [0.5, 0.6) is 11.5 Å². The molecular weight excluding hydrogens is 302 g/mol. The van der Waals surface area contributed by atoms with Crippen LogP contribution in [-0.4, -0.2) is 35.7 Å². The van der Waals surface area contributed by atoms with E-state index in [4.69, 9.17) is 9.47 Å². The monoisotopic (exact) mass is 325 g/mol. The Morgan fingerprint density at radius 2 is 1.79 bits per heavy atom. The van der Waals surface area contributed by atoms with Crippen molar-refractivity contribution in [3.63, 3.8) is 0 Å². The van der Waals surface area contributed by atoms with E-state index in [-0.39, 0.29) is 0 Å². The molecule has 1 aromatic carbocycles. The lowest BCUT2D eigenvalue weighted by Gasteiger charge is -2.23. The Balaban J connectivity index is 1.63. The van der Waals surface area contributed by atoms with Crippen LogP contribution < -0.4 is 9.47 Å². The summed E-state index contributed by atoms with van der Waals surface area (Å²) in [7, 11) is 0. The van der Waals surface area contributed by atoms with Gasteiger partial charge in [0.25, 0.3) is 0 Å². The van der Waals surface area contributed by atoms with Gasteiger partial charge in [-0.3, -0.25) is 5.01 Å². The summed E-state index contributed by atoms with van der Waals surface area (Å²) in [6, 6.07) is 8.26. The number of aromatic nitrogens is 1. The molecule has 2 aliphatic rings. The van der Waals surface area contributed by atoms with Crippen LogP contribution in [0.25, 0.3) is 5.69 Å². The van der Waals surface area contributed by atoms with Gasteiger partial charge in [-0.05, 0) is 51.3 Å². The van der Waals surface area contributed by atoms with Gasteiger partial charge >= 0.3 is 0 Å². The zero-order chi connectivity index (χ0) is 16.5. The van der Waals surface area contributed by atoms with Crippen LogP contribution in [0, 0.1) is 13.8 Å². The lowest BCUT2D eigenvalue weighted by atomic mass is 10.2. The molecule has 2 aromatic rings. The average Bonchev–Trinajstić information content (AvgIpc) is 3.17. The third kappa shape index (κ3) is 2.75. The average molecular weight is 325 g/mol. The first-order valence-corrected chi connectivity index (χ1v) is 8.60. The van der Waals surface area contributed by atoms with Crippen LogP contribution in [0.1, 0.15) is 36.2 Å². The van der Waals surface area contributed by atoms with E-state index in [1.807, 2.05) is 18.3 Å². The molecule has 0 atom stereocenters. The summed E-state index contributed by atoms with van der Waals surface area (Å²) in [4.78, 5) is 0. The van der Waals surface area contributed by atoms with Gasteiger partial charge in [0.1, 0.15) is 0 Å². The molecule has 0 amide bonds. The van der Waals surface area contributed by atoms with Crippen molar-refractivity contribution in [1.82, 2.24) is 9.58 Å². The number of hydrogen-bond donors (Lipinski definition) is 0. The van der Waals surface area contributed by atoms with Gasteiger partial charge in [-0.15, -0.1) is 0 Å². The molecule has 0 radical (unpaired) electrons. The molecule has 2 aliphatic heterocycles. The molecule has 0 N–H and O–H groups in total. The fourth-order valence-electron chi connectivity index (χ4n) is 3.48. The van der Waals surface area contributed by atoms with Gasteiger partial charge in [0.2, 0.25) is 6.79 Å². The number of benzene rings is 1. The Kier molecular flexibility index (Phi) is 3.92. The van der Waals surface area contributed by atoms with Gasteiger partial charge < -0.3 is 14.0 Å². The Bertz CT molecular complexity index is 773. The number of fused-ring (bicyclic) bond motifs is 1. The zero-order valence-electron chi connectivity index (χ0n) is 14.3. The predicted molar refractivity (Wildman–Crippen MR) is 94.4 cm³/mol. The summed E-state index contributed by atoms with van der Waals surface area (Å²) >= 11 is 0. The molecule has 0 unspecified atom stereocenters. The van der Waals surface area contributed by atoms with E-state index in [0.29, 0.717) is 6.79 Å². The number of nitrogens with zero attached hydrogens (tertiary/aromatic N) is 3. The maximum absolute atomic E-state index is 5.51. The fraction of sp³-hybridized carbons (Fsp3) is 0.421. The molecule has 4 rings (SSSR count). The van der Waals surface area contributed by atoms with Crippen molar-refractivity contribution in [1.29, 1.82) is 0 Å². The summed E-state index contributed by atoms with van der Waals surface area (Å²) in [5.74, 6) is 1.62. The number of hydrazone groups is 1. The molecule has 1 aromatic heterocycles. The summed E-state index contributed by atoms with van der Waals surface area (Å²) in [6.45, 7) is 6.69. The van der Waals surface area contributed by atoms with Gasteiger partial charge in [0, 0.05) is 41.8 Å². The highest BCUT2D eigenvalue weighted by atomic mass is 16.7. The lowest BCUT2D eigenvalue weighted by Crippen LogP contribution is -2.24. The maximum atomic E-state index is 5.51.